The fraction of sp³-hybridized carbons (Fsp3) is 0.467. The lowest BCUT2D eigenvalue weighted by atomic mass is 10.0. The molecule has 1 rings (SSSR count). The Hall–Kier alpha value is -5.93. The molecule has 12 N–H and O–H groups in total. The number of rotatable bonds is 22. The van der Waals surface area contributed by atoms with E-state index in [1.807, 2.05) is 0 Å². The molecule has 286 valence electrons. The number of hydrogen-bond acceptors (Lipinski definition) is 12. The first-order valence-corrected chi connectivity index (χ1v) is 16.0. The van der Waals surface area contributed by atoms with Crippen molar-refractivity contribution in [2.75, 3.05) is 5.75 Å². The van der Waals surface area contributed by atoms with Crippen LogP contribution in [0.15, 0.2) is 24.3 Å². The zero-order chi connectivity index (χ0) is 39.7. The van der Waals surface area contributed by atoms with Crippen molar-refractivity contribution in [1.82, 2.24) is 31.9 Å². The van der Waals surface area contributed by atoms with Gasteiger partial charge in [0.05, 0.1) is 12.8 Å². The number of carbonyl (C=O) groups is 10. The van der Waals surface area contributed by atoms with Gasteiger partial charge >= 0.3 is 17.9 Å². The maximum absolute atomic E-state index is 13.1. The second-order valence-corrected chi connectivity index (χ2v) is 11.7. The molecule has 0 aliphatic rings. The third-order valence-electron chi connectivity index (χ3n) is 6.97. The number of phenolic OH excluding ortho intramolecular Hbond substituents is 1. The molecule has 0 aliphatic heterocycles. The van der Waals surface area contributed by atoms with Crippen LogP contribution < -0.4 is 37.6 Å². The Morgan fingerprint density at radius 2 is 1.08 bits per heavy atom. The van der Waals surface area contributed by atoms with E-state index in [0.29, 0.717) is 5.56 Å². The number of carboxylic acid groups (broad SMARTS) is 3. The summed E-state index contributed by atoms with van der Waals surface area (Å²) in [5, 5.41) is 50.1. The Balaban J connectivity index is 3.06. The molecule has 0 heterocycles. The van der Waals surface area contributed by atoms with Crippen LogP contribution in [-0.2, 0) is 54.4 Å². The zero-order valence-electron chi connectivity index (χ0n) is 27.9. The molecule has 0 aromatic heterocycles. The van der Waals surface area contributed by atoms with Crippen molar-refractivity contribution in [3.63, 3.8) is 0 Å². The normalized spacial score (nSPS) is 14.1. The van der Waals surface area contributed by atoms with Crippen molar-refractivity contribution in [1.29, 1.82) is 0 Å². The molecule has 0 saturated heterocycles. The lowest BCUT2D eigenvalue weighted by Gasteiger charge is -2.26. The van der Waals surface area contributed by atoms with Crippen molar-refractivity contribution in [2.45, 2.75) is 82.2 Å². The van der Waals surface area contributed by atoms with E-state index < -0.39 is 127 Å². The molecule has 1 aromatic carbocycles. The molecule has 0 aliphatic carbocycles. The Bertz CT molecular complexity index is 1510. The monoisotopic (exact) mass is 755 g/mol. The van der Waals surface area contributed by atoms with E-state index in [-0.39, 0.29) is 12.2 Å². The molecule has 0 radical (unpaired) electrons. The molecular weight excluding hydrogens is 714 g/mol. The van der Waals surface area contributed by atoms with Gasteiger partial charge in [0.15, 0.2) is 0 Å². The number of nitrogens with one attached hydrogen (secondary N) is 6. The Morgan fingerprint density at radius 3 is 1.56 bits per heavy atom. The number of carbonyl (C=O) groups excluding carboxylic acids is 7. The number of phenols is 1. The van der Waals surface area contributed by atoms with E-state index in [4.69, 9.17) is 15.9 Å². The van der Waals surface area contributed by atoms with Gasteiger partial charge in [-0.15, -0.1) is 0 Å². The van der Waals surface area contributed by atoms with Crippen molar-refractivity contribution in [3.8, 4) is 5.75 Å². The quantitative estimate of drug-likeness (QED) is 0.0504. The summed E-state index contributed by atoms with van der Waals surface area (Å²) in [5.74, 6) is -12.2. The van der Waals surface area contributed by atoms with Crippen LogP contribution in [0, 0.1) is 0 Å². The van der Waals surface area contributed by atoms with Gasteiger partial charge in [-0.1, -0.05) is 12.1 Å². The first-order chi connectivity index (χ1) is 24.2. The minimum atomic E-state index is -1.83. The molecule has 21 nitrogen and oxygen atoms in total. The van der Waals surface area contributed by atoms with Crippen molar-refractivity contribution < 1.29 is 68.4 Å². The molecule has 7 amide bonds. The molecule has 0 fully saturated rings. The molecule has 52 heavy (non-hydrogen) atoms. The molecule has 0 bridgehead atoms. The number of aromatic hydroxyl groups is 1. The second-order valence-electron chi connectivity index (χ2n) is 11.3. The number of amides is 7. The van der Waals surface area contributed by atoms with Crippen LogP contribution in [0.5, 0.6) is 5.75 Å². The number of carboxylic acids is 3. The number of thiol groups is 1. The van der Waals surface area contributed by atoms with E-state index in [0.717, 1.165) is 6.92 Å². The molecule has 22 heteroatoms. The minimum absolute atomic E-state index is 0.0397. The SMILES string of the molecule is CC(=O)N[C@@H](CC(=O)O)C(=O)N[C@@H](CCC(=O)O)C(=O)N[C@@H](CS)C(=O)N[C@@H](CC(=O)O)C(=O)N[C@@H](C)C(=O)N[C@@H](Cc1ccc(O)cc1)C(N)=O. The predicted molar refractivity (Wildman–Crippen MR) is 179 cm³/mol. The summed E-state index contributed by atoms with van der Waals surface area (Å²) in [7, 11) is 0. The number of primary amides is 1. The molecule has 6 atom stereocenters. The van der Waals surface area contributed by atoms with Crippen LogP contribution in [0.25, 0.3) is 0 Å². The Labute approximate surface area is 301 Å². The van der Waals surface area contributed by atoms with Gasteiger partial charge in [-0.25, -0.2) is 0 Å². The minimum Gasteiger partial charge on any atom is -0.508 e. The molecule has 0 saturated carbocycles. The van der Waals surface area contributed by atoms with Crippen LogP contribution >= 0.6 is 12.6 Å². The van der Waals surface area contributed by atoms with Crippen LogP contribution in [0.1, 0.15) is 45.1 Å². The highest BCUT2D eigenvalue weighted by molar-refractivity contribution is 7.80. The first-order valence-electron chi connectivity index (χ1n) is 15.4. The van der Waals surface area contributed by atoms with E-state index in [2.05, 4.69) is 44.5 Å². The fourth-order valence-electron chi connectivity index (χ4n) is 4.33. The summed E-state index contributed by atoms with van der Waals surface area (Å²) in [6, 6.07) is -3.76. The highest BCUT2D eigenvalue weighted by Crippen LogP contribution is 2.11. The maximum atomic E-state index is 13.1. The lowest BCUT2D eigenvalue weighted by Crippen LogP contribution is -2.60. The molecule has 0 unspecified atom stereocenters. The summed E-state index contributed by atoms with van der Waals surface area (Å²) in [4.78, 5) is 122. The summed E-state index contributed by atoms with van der Waals surface area (Å²) in [6.45, 7) is 2.20. The summed E-state index contributed by atoms with van der Waals surface area (Å²) < 4.78 is 0. The smallest absolute Gasteiger partial charge is 0.305 e. The van der Waals surface area contributed by atoms with Crippen molar-refractivity contribution >= 4 is 71.9 Å². The predicted octanol–water partition coefficient (Wildman–Crippen LogP) is -3.89. The average molecular weight is 756 g/mol. The molecule has 0 spiro atoms. The standard InChI is InChI=1S/C30H41N7O14S/c1-13(26(47)35-18(25(31)46)9-15-3-5-16(39)6-4-15)32-28(49)20(11-24(44)45)36-30(51)21(12-52)37-27(48)17(7-8-22(40)41)34-29(50)19(10-23(42)43)33-14(2)38/h3-6,13,17-21,39,52H,7-12H2,1-2H3,(H2,31,46)(H,32,49)(H,33,38)(H,34,50)(H,35,47)(H,36,51)(H,37,48)(H,40,41)(H,42,43)(H,44,45)/t13-,17-,18-,19-,20-,21-/m0/s1. The summed E-state index contributed by atoms with van der Waals surface area (Å²) in [5.41, 5.74) is 5.92. The zero-order valence-corrected chi connectivity index (χ0v) is 28.8. The molecule has 1 aromatic rings. The first kappa shape index (κ1) is 44.1. The average Bonchev–Trinajstić information content (AvgIpc) is 3.04. The van der Waals surface area contributed by atoms with Gasteiger partial charge < -0.3 is 58.1 Å². The topological polar surface area (TPSA) is 350 Å². The number of benzene rings is 1. The fourth-order valence-corrected chi connectivity index (χ4v) is 4.58. The van der Waals surface area contributed by atoms with Crippen LogP contribution in [0.3, 0.4) is 0 Å². The van der Waals surface area contributed by atoms with Gasteiger partial charge in [-0.3, -0.25) is 47.9 Å². The van der Waals surface area contributed by atoms with Crippen LogP contribution in [0.2, 0.25) is 0 Å². The molecular formula is C30H41N7O14S. The third-order valence-corrected chi connectivity index (χ3v) is 7.33. The third kappa shape index (κ3) is 16.2. The van der Waals surface area contributed by atoms with Gasteiger partial charge in [0.25, 0.3) is 0 Å². The van der Waals surface area contributed by atoms with Crippen molar-refractivity contribution in [2.24, 2.45) is 5.73 Å². The van der Waals surface area contributed by atoms with Gasteiger partial charge in [0.2, 0.25) is 41.4 Å². The maximum Gasteiger partial charge on any atom is 0.305 e. The lowest BCUT2D eigenvalue weighted by molar-refractivity contribution is -0.142. The van der Waals surface area contributed by atoms with E-state index in [1.165, 1.54) is 31.2 Å². The van der Waals surface area contributed by atoms with E-state index in [1.54, 1.807) is 0 Å². The van der Waals surface area contributed by atoms with Gasteiger partial charge in [0, 0.05) is 25.5 Å². The highest BCUT2D eigenvalue weighted by Gasteiger charge is 2.33. The summed E-state index contributed by atoms with van der Waals surface area (Å²) in [6.07, 6.45) is -3.20. The largest absolute Gasteiger partial charge is 0.508 e. The Morgan fingerprint density at radius 1 is 0.635 bits per heavy atom. The van der Waals surface area contributed by atoms with Crippen molar-refractivity contribution in [3.05, 3.63) is 29.8 Å². The van der Waals surface area contributed by atoms with Gasteiger partial charge in [0.1, 0.15) is 42.0 Å². The number of aliphatic carboxylic acids is 3. The number of hydrogen-bond donors (Lipinski definition) is 12. The highest BCUT2D eigenvalue weighted by atomic mass is 32.1. The Kier molecular flexibility index (Phi) is 18.1. The van der Waals surface area contributed by atoms with Gasteiger partial charge in [-0.2, -0.15) is 12.6 Å². The van der Waals surface area contributed by atoms with Crippen LogP contribution in [-0.4, -0.2) is 122 Å². The second kappa shape index (κ2) is 21.3. The van der Waals surface area contributed by atoms with Gasteiger partial charge in [-0.05, 0) is 31.0 Å². The number of nitrogens with two attached hydrogens (primary N) is 1. The van der Waals surface area contributed by atoms with E-state index >= 15 is 0 Å². The van der Waals surface area contributed by atoms with E-state index in [9.17, 15) is 58.2 Å². The summed E-state index contributed by atoms with van der Waals surface area (Å²) >= 11 is 3.99. The van der Waals surface area contributed by atoms with Crippen LogP contribution in [0.4, 0.5) is 0 Å².